The Morgan fingerprint density at radius 1 is 1.18 bits per heavy atom. The van der Waals surface area contributed by atoms with Crippen LogP contribution in [-0.4, -0.2) is 51.5 Å². The van der Waals surface area contributed by atoms with E-state index in [0.29, 0.717) is 6.54 Å². The molecule has 160 valence electrons. The lowest BCUT2D eigenvalue weighted by Gasteiger charge is -2.37. The number of nitrogens with zero attached hydrogens (tertiary/aromatic N) is 1. The van der Waals surface area contributed by atoms with E-state index in [1.807, 2.05) is 11.3 Å². The Morgan fingerprint density at radius 3 is 2.54 bits per heavy atom. The monoisotopic (exact) mass is 521 g/mol. The second-order valence-corrected chi connectivity index (χ2v) is 8.81. The summed E-state index contributed by atoms with van der Waals surface area (Å²) in [6.45, 7) is 6.12. The number of methoxy groups -OCH3 is 1. The fourth-order valence-corrected chi connectivity index (χ4v) is 5.29. The van der Waals surface area contributed by atoms with Crippen LogP contribution in [0.25, 0.3) is 0 Å². The van der Waals surface area contributed by atoms with Gasteiger partial charge in [-0.05, 0) is 31.2 Å². The Bertz CT molecular complexity index is 582. The molecule has 0 radical (unpaired) electrons. The molecule has 0 aromatic carbocycles. The lowest BCUT2D eigenvalue weighted by atomic mass is 9.73. The molecule has 1 saturated carbocycles. The fourth-order valence-electron chi connectivity index (χ4n) is 4.31. The van der Waals surface area contributed by atoms with Gasteiger partial charge in [0.25, 0.3) is 0 Å². The van der Waals surface area contributed by atoms with E-state index in [1.165, 1.54) is 37.0 Å². The third-order valence-corrected chi connectivity index (χ3v) is 7.27. The van der Waals surface area contributed by atoms with Gasteiger partial charge >= 0.3 is 0 Å². The predicted octanol–water partition coefficient (Wildman–Crippen LogP) is 4.32. The molecule has 0 spiro atoms. The van der Waals surface area contributed by atoms with Gasteiger partial charge in [-0.15, -0.1) is 35.3 Å². The fraction of sp³-hybridized carbons (Fsp3) is 0.762. The number of aliphatic imine (C=N–C) groups is 1. The predicted molar refractivity (Wildman–Crippen MR) is 128 cm³/mol. The SMILES string of the molecule is CCNC(=NCC1(OC)CCOCC1)NCC1(c2cccs2)CCCCC1.I. The van der Waals surface area contributed by atoms with Crippen LogP contribution in [-0.2, 0) is 14.9 Å². The number of thiophene rings is 1. The summed E-state index contributed by atoms with van der Waals surface area (Å²) in [5.41, 5.74) is 0.0666. The summed E-state index contributed by atoms with van der Waals surface area (Å²) in [6, 6.07) is 4.49. The van der Waals surface area contributed by atoms with Crippen molar-refractivity contribution in [3.63, 3.8) is 0 Å². The van der Waals surface area contributed by atoms with Crippen LogP contribution in [0.4, 0.5) is 0 Å². The molecule has 7 heteroatoms. The zero-order valence-corrected chi connectivity index (χ0v) is 20.4. The maximum absolute atomic E-state index is 5.84. The highest BCUT2D eigenvalue weighted by atomic mass is 127. The average molecular weight is 522 g/mol. The molecule has 5 nitrogen and oxygen atoms in total. The number of guanidine groups is 1. The number of hydrogen-bond donors (Lipinski definition) is 2. The highest BCUT2D eigenvalue weighted by Gasteiger charge is 2.35. The van der Waals surface area contributed by atoms with Crippen molar-refractivity contribution in [1.82, 2.24) is 10.6 Å². The zero-order valence-electron chi connectivity index (χ0n) is 17.3. The molecule has 1 aliphatic heterocycles. The molecule has 2 fully saturated rings. The lowest BCUT2D eigenvalue weighted by molar-refractivity contribution is -0.0828. The zero-order chi connectivity index (χ0) is 19.0. The molecule has 1 aromatic heterocycles. The third-order valence-electron chi connectivity index (χ3n) is 6.16. The van der Waals surface area contributed by atoms with E-state index in [2.05, 4.69) is 35.1 Å². The Labute approximate surface area is 191 Å². The van der Waals surface area contributed by atoms with Crippen molar-refractivity contribution in [1.29, 1.82) is 0 Å². The Hall–Kier alpha value is -0.380. The molecule has 0 atom stereocenters. The van der Waals surface area contributed by atoms with Gasteiger partial charge in [-0.25, -0.2) is 0 Å². The molecule has 1 aliphatic carbocycles. The standard InChI is InChI=1S/C21H35N3O2S.HI/c1-3-22-19(24-17-21(25-2)11-13-26-14-12-21)23-16-20(9-5-4-6-10-20)18-8-7-15-27-18;/h7-8,15H,3-6,9-14,16-17H2,1-2H3,(H2,22,23,24);1H. The van der Waals surface area contributed by atoms with Crippen LogP contribution in [0.5, 0.6) is 0 Å². The normalized spacial score (nSPS) is 21.6. The first-order valence-electron chi connectivity index (χ1n) is 10.4. The van der Waals surface area contributed by atoms with Crippen LogP contribution in [0.2, 0.25) is 0 Å². The van der Waals surface area contributed by atoms with Gasteiger partial charge in [0.2, 0.25) is 0 Å². The maximum atomic E-state index is 5.84. The number of ether oxygens (including phenoxy) is 2. The van der Waals surface area contributed by atoms with Crippen LogP contribution in [0, 0.1) is 0 Å². The van der Waals surface area contributed by atoms with Crippen molar-refractivity contribution in [3.8, 4) is 0 Å². The van der Waals surface area contributed by atoms with E-state index >= 15 is 0 Å². The molecule has 1 aromatic rings. The minimum absolute atomic E-state index is 0. The van der Waals surface area contributed by atoms with Gasteiger partial charge in [-0.1, -0.05) is 25.3 Å². The minimum Gasteiger partial charge on any atom is -0.381 e. The molecule has 2 heterocycles. The van der Waals surface area contributed by atoms with Gasteiger partial charge in [0.05, 0.1) is 12.1 Å². The first-order valence-corrected chi connectivity index (χ1v) is 11.3. The number of halogens is 1. The highest BCUT2D eigenvalue weighted by Crippen LogP contribution is 2.41. The number of rotatable bonds is 7. The summed E-state index contributed by atoms with van der Waals surface area (Å²) in [4.78, 5) is 6.41. The first kappa shape index (κ1) is 23.9. The molecule has 0 amide bonds. The molecule has 0 unspecified atom stereocenters. The van der Waals surface area contributed by atoms with Gasteiger partial charge in [-0.2, -0.15) is 0 Å². The Balaban J connectivity index is 0.00000280. The largest absolute Gasteiger partial charge is 0.381 e. The van der Waals surface area contributed by atoms with Crippen LogP contribution >= 0.6 is 35.3 Å². The number of hydrogen-bond acceptors (Lipinski definition) is 4. The molecule has 2 N–H and O–H groups in total. The lowest BCUT2D eigenvalue weighted by Crippen LogP contribution is -2.47. The van der Waals surface area contributed by atoms with E-state index in [0.717, 1.165) is 45.1 Å². The third kappa shape index (κ3) is 6.06. The summed E-state index contributed by atoms with van der Waals surface area (Å²) < 4.78 is 11.3. The van der Waals surface area contributed by atoms with Crippen molar-refractivity contribution in [3.05, 3.63) is 22.4 Å². The molecule has 0 bridgehead atoms. The molecule has 28 heavy (non-hydrogen) atoms. The minimum atomic E-state index is -0.184. The van der Waals surface area contributed by atoms with E-state index in [-0.39, 0.29) is 35.0 Å². The van der Waals surface area contributed by atoms with Gasteiger partial charge in [0.1, 0.15) is 0 Å². The Kier molecular flexibility index (Phi) is 10.00. The molecule has 3 rings (SSSR count). The van der Waals surface area contributed by atoms with Crippen molar-refractivity contribution in [2.24, 2.45) is 4.99 Å². The molecular formula is C21H36IN3O2S. The summed E-state index contributed by atoms with van der Waals surface area (Å²) >= 11 is 1.90. The van der Waals surface area contributed by atoms with Gasteiger partial charge in [0, 0.05) is 56.5 Å². The highest BCUT2D eigenvalue weighted by molar-refractivity contribution is 14.0. The van der Waals surface area contributed by atoms with Crippen LogP contribution in [0.3, 0.4) is 0 Å². The topological polar surface area (TPSA) is 54.9 Å². The van der Waals surface area contributed by atoms with E-state index in [1.54, 1.807) is 7.11 Å². The van der Waals surface area contributed by atoms with Crippen molar-refractivity contribution < 1.29 is 9.47 Å². The van der Waals surface area contributed by atoms with Crippen molar-refractivity contribution in [2.45, 2.75) is 62.9 Å². The van der Waals surface area contributed by atoms with Crippen molar-refractivity contribution >= 4 is 41.3 Å². The average Bonchev–Trinajstić information content (AvgIpc) is 3.27. The summed E-state index contributed by atoms with van der Waals surface area (Å²) in [5, 5.41) is 9.29. The van der Waals surface area contributed by atoms with Crippen LogP contribution < -0.4 is 10.6 Å². The molecule has 2 aliphatic rings. The van der Waals surface area contributed by atoms with Gasteiger partial charge in [0.15, 0.2) is 5.96 Å². The second kappa shape index (κ2) is 11.7. The van der Waals surface area contributed by atoms with Gasteiger partial charge in [-0.3, -0.25) is 4.99 Å². The smallest absolute Gasteiger partial charge is 0.191 e. The summed E-state index contributed by atoms with van der Waals surface area (Å²) in [6.07, 6.45) is 8.34. The van der Waals surface area contributed by atoms with Crippen LogP contribution in [0.1, 0.15) is 56.7 Å². The molecule has 1 saturated heterocycles. The van der Waals surface area contributed by atoms with Crippen LogP contribution in [0.15, 0.2) is 22.5 Å². The quantitative estimate of drug-likeness (QED) is 0.319. The summed E-state index contributed by atoms with van der Waals surface area (Å²) in [7, 11) is 1.80. The summed E-state index contributed by atoms with van der Waals surface area (Å²) in [5.74, 6) is 0.905. The van der Waals surface area contributed by atoms with E-state index < -0.39 is 0 Å². The van der Waals surface area contributed by atoms with E-state index in [4.69, 9.17) is 14.5 Å². The second-order valence-electron chi connectivity index (χ2n) is 7.87. The van der Waals surface area contributed by atoms with E-state index in [9.17, 15) is 0 Å². The van der Waals surface area contributed by atoms with Crippen molar-refractivity contribution in [2.75, 3.05) is 40.0 Å². The number of nitrogens with one attached hydrogen (secondary N) is 2. The first-order chi connectivity index (χ1) is 13.2. The Morgan fingerprint density at radius 2 is 1.93 bits per heavy atom. The molecular weight excluding hydrogens is 485 g/mol. The van der Waals surface area contributed by atoms with Gasteiger partial charge < -0.3 is 20.1 Å². The maximum Gasteiger partial charge on any atom is 0.191 e.